The van der Waals surface area contributed by atoms with E-state index in [2.05, 4.69) is 0 Å². The maximum absolute atomic E-state index is 14.3. The SMILES string of the molecule is CC(=O)c1ccc(C(N)=O)c(Oc2ccccc2)c1F. The van der Waals surface area contributed by atoms with Crippen LogP contribution in [0.1, 0.15) is 27.6 Å². The molecular formula is C15H12FNO3. The van der Waals surface area contributed by atoms with Crippen LogP contribution in [0.15, 0.2) is 42.5 Å². The Morgan fingerprint density at radius 2 is 1.65 bits per heavy atom. The highest BCUT2D eigenvalue weighted by molar-refractivity contribution is 5.99. The molecule has 2 N–H and O–H groups in total. The maximum atomic E-state index is 14.3. The quantitative estimate of drug-likeness (QED) is 0.871. The van der Waals surface area contributed by atoms with Crippen LogP contribution in [0.3, 0.4) is 0 Å². The summed E-state index contributed by atoms with van der Waals surface area (Å²) in [6.45, 7) is 1.23. The summed E-state index contributed by atoms with van der Waals surface area (Å²) in [5, 5.41) is 0. The minimum atomic E-state index is -0.891. The number of hydrogen-bond donors (Lipinski definition) is 1. The number of carbonyl (C=O) groups excluding carboxylic acids is 2. The molecule has 0 atom stereocenters. The van der Waals surface area contributed by atoms with Crippen LogP contribution in [-0.4, -0.2) is 11.7 Å². The van der Waals surface area contributed by atoms with E-state index in [1.807, 2.05) is 0 Å². The molecule has 4 nitrogen and oxygen atoms in total. The molecule has 0 radical (unpaired) electrons. The van der Waals surface area contributed by atoms with Crippen molar-refractivity contribution in [3.63, 3.8) is 0 Å². The van der Waals surface area contributed by atoms with Crippen molar-refractivity contribution in [2.24, 2.45) is 5.73 Å². The van der Waals surface area contributed by atoms with E-state index in [9.17, 15) is 14.0 Å². The molecular weight excluding hydrogens is 261 g/mol. The number of primary amides is 1. The number of rotatable bonds is 4. The first kappa shape index (κ1) is 13.7. The lowest BCUT2D eigenvalue weighted by Gasteiger charge is -2.12. The number of para-hydroxylation sites is 1. The highest BCUT2D eigenvalue weighted by Crippen LogP contribution is 2.30. The molecule has 0 aromatic heterocycles. The molecule has 0 fully saturated rings. The monoisotopic (exact) mass is 273 g/mol. The Hall–Kier alpha value is -2.69. The van der Waals surface area contributed by atoms with Gasteiger partial charge < -0.3 is 10.5 Å². The average Bonchev–Trinajstić information content (AvgIpc) is 2.41. The number of carbonyl (C=O) groups is 2. The summed E-state index contributed by atoms with van der Waals surface area (Å²) in [6, 6.07) is 10.9. The fraction of sp³-hybridized carbons (Fsp3) is 0.0667. The Morgan fingerprint density at radius 1 is 1.05 bits per heavy atom. The second-order valence-electron chi connectivity index (χ2n) is 4.14. The van der Waals surface area contributed by atoms with Gasteiger partial charge in [0.2, 0.25) is 0 Å². The minimum Gasteiger partial charge on any atom is -0.453 e. The summed E-state index contributed by atoms with van der Waals surface area (Å²) in [6.07, 6.45) is 0. The van der Waals surface area contributed by atoms with Gasteiger partial charge in [0.15, 0.2) is 17.3 Å². The molecule has 0 saturated carbocycles. The lowest BCUT2D eigenvalue weighted by molar-refractivity contribution is 0.0987. The molecule has 0 saturated heterocycles. The molecule has 0 spiro atoms. The standard InChI is InChI=1S/C15H12FNO3/c1-9(18)11-7-8-12(15(17)19)14(13(11)16)20-10-5-3-2-4-6-10/h2-8H,1H3,(H2,17,19). The van der Waals surface area contributed by atoms with Crippen LogP contribution in [0.2, 0.25) is 0 Å². The number of ether oxygens (including phenoxy) is 1. The number of halogens is 1. The molecule has 20 heavy (non-hydrogen) atoms. The second kappa shape index (κ2) is 5.52. The van der Waals surface area contributed by atoms with Gasteiger partial charge in [0.25, 0.3) is 5.91 Å². The van der Waals surface area contributed by atoms with E-state index in [0.29, 0.717) is 5.75 Å². The van der Waals surface area contributed by atoms with Crippen molar-refractivity contribution in [3.05, 3.63) is 59.4 Å². The maximum Gasteiger partial charge on any atom is 0.252 e. The highest BCUT2D eigenvalue weighted by Gasteiger charge is 2.20. The van der Waals surface area contributed by atoms with E-state index in [0.717, 1.165) is 0 Å². The predicted octanol–water partition coefficient (Wildman–Crippen LogP) is 2.92. The van der Waals surface area contributed by atoms with Gasteiger partial charge in [-0.15, -0.1) is 0 Å². The third-order valence-corrected chi connectivity index (χ3v) is 2.70. The summed E-state index contributed by atoms with van der Waals surface area (Å²) < 4.78 is 19.6. The van der Waals surface area contributed by atoms with Crippen LogP contribution in [0.5, 0.6) is 11.5 Å². The van der Waals surface area contributed by atoms with E-state index in [4.69, 9.17) is 10.5 Å². The van der Waals surface area contributed by atoms with Gasteiger partial charge in [0.1, 0.15) is 5.75 Å². The summed E-state index contributed by atoms with van der Waals surface area (Å²) in [4.78, 5) is 22.7. The first-order valence-electron chi connectivity index (χ1n) is 5.87. The van der Waals surface area contributed by atoms with Gasteiger partial charge in [-0.05, 0) is 31.2 Å². The zero-order valence-corrected chi connectivity index (χ0v) is 10.7. The summed E-state index contributed by atoms with van der Waals surface area (Å²) >= 11 is 0. The molecule has 0 heterocycles. The van der Waals surface area contributed by atoms with Gasteiger partial charge in [-0.1, -0.05) is 18.2 Å². The molecule has 5 heteroatoms. The largest absolute Gasteiger partial charge is 0.453 e. The third kappa shape index (κ3) is 2.66. The van der Waals surface area contributed by atoms with Gasteiger partial charge in [0, 0.05) is 0 Å². The van der Waals surface area contributed by atoms with Crippen molar-refractivity contribution < 1.29 is 18.7 Å². The Balaban J connectivity index is 2.56. The number of Topliss-reactive ketones (excluding diaryl/α,β-unsaturated/α-hetero) is 1. The zero-order valence-electron chi connectivity index (χ0n) is 10.7. The average molecular weight is 273 g/mol. The van der Waals surface area contributed by atoms with Crippen molar-refractivity contribution in [1.82, 2.24) is 0 Å². The molecule has 1 amide bonds. The number of benzene rings is 2. The van der Waals surface area contributed by atoms with Crippen LogP contribution in [0, 0.1) is 5.82 Å². The zero-order chi connectivity index (χ0) is 14.7. The predicted molar refractivity (Wildman–Crippen MR) is 71.4 cm³/mol. The first-order valence-corrected chi connectivity index (χ1v) is 5.87. The molecule has 2 rings (SSSR count). The fourth-order valence-electron chi connectivity index (χ4n) is 1.73. The van der Waals surface area contributed by atoms with E-state index in [1.165, 1.54) is 19.1 Å². The normalized spacial score (nSPS) is 10.1. The highest BCUT2D eigenvalue weighted by atomic mass is 19.1. The number of ketones is 1. The molecule has 0 unspecified atom stereocenters. The summed E-state index contributed by atoms with van der Waals surface area (Å²) in [5.74, 6) is -2.18. The molecule has 2 aromatic rings. The van der Waals surface area contributed by atoms with Gasteiger partial charge in [-0.25, -0.2) is 4.39 Å². The topological polar surface area (TPSA) is 69.4 Å². The van der Waals surface area contributed by atoms with Crippen molar-refractivity contribution in [1.29, 1.82) is 0 Å². The van der Waals surface area contributed by atoms with Crippen LogP contribution in [-0.2, 0) is 0 Å². The molecule has 0 aliphatic carbocycles. The minimum absolute atomic E-state index is 0.114. The van der Waals surface area contributed by atoms with Gasteiger partial charge >= 0.3 is 0 Å². The van der Waals surface area contributed by atoms with E-state index >= 15 is 0 Å². The van der Waals surface area contributed by atoms with E-state index in [-0.39, 0.29) is 16.9 Å². The van der Waals surface area contributed by atoms with Gasteiger partial charge in [-0.2, -0.15) is 0 Å². The van der Waals surface area contributed by atoms with Crippen LogP contribution in [0.25, 0.3) is 0 Å². The molecule has 0 bridgehead atoms. The second-order valence-corrected chi connectivity index (χ2v) is 4.14. The Labute approximate surface area is 115 Å². The summed E-state index contributed by atoms with van der Waals surface area (Å²) in [5.41, 5.74) is 4.93. The van der Waals surface area contributed by atoms with Gasteiger partial charge in [0.05, 0.1) is 11.1 Å². The van der Waals surface area contributed by atoms with Crippen molar-refractivity contribution in [2.75, 3.05) is 0 Å². The van der Waals surface area contributed by atoms with Gasteiger partial charge in [-0.3, -0.25) is 9.59 Å². The molecule has 0 aliphatic heterocycles. The Bertz CT molecular complexity index is 668. The lowest BCUT2D eigenvalue weighted by atomic mass is 10.1. The van der Waals surface area contributed by atoms with Crippen LogP contribution < -0.4 is 10.5 Å². The lowest BCUT2D eigenvalue weighted by Crippen LogP contribution is -2.14. The Kier molecular flexibility index (Phi) is 3.79. The molecule has 2 aromatic carbocycles. The van der Waals surface area contributed by atoms with E-state index in [1.54, 1.807) is 30.3 Å². The first-order chi connectivity index (χ1) is 9.50. The molecule has 0 aliphatic rings. The summed E-state index contributed by atoms with van der Waals surface area (Å²) in [7, 11) is 0. The molecule has 102 valence electrons. The van der Waals surface area contributed by atoms with Crippen molar-refractivity contribution >= 4 is 11.7 Å². The number of amides is 1. The third-order valence-electron chi connectivity index (χ3n) is 2.70. The fourth-order valence-corrected chi connectivity index (χ4v) is 1.73. The number of nitrogens with two attached hydrogens (primary N) is 1. The van der Waals surface area contributed by atoms with Crippen molar-refractivity contribution in [3.8, 4) is 11.5 Å². The Morgan fingerprint density at radius 3 is 2.20 bits per heavy atom. The smallest absolute Gasteiger partial charge is 0.252 e. The van der Waals surface area contributed by atoms with Crippen molar-refractivity contribution in [2.45, 2.75) is 6.92 Å². The number of hydrogen-bond acceptors (Lipinski definition) is 3. The van der Waals surface area contributed by atoms with Crippen LogP contribution in [0.4, 0.5) is 4.39 Å². The van der Waals surface area contributed by atoms with Crippen LogP contribution >= 0.6 is 0 Å². The van der Waals surface area contributed by atoms with E-state index < -0.39 is 17.5 Å².